The number of alkyl halides is 3. The van der Waals surface area contributed by atoms with Gasteiger partial charge in [-0.1, -0.05) is 6.07 Å². The molecule has 0 amide bonds. The fourth-order valence-electron chi connectivity index (χ4n) is 1.47. The van der Waals surface area contributed by atoms with Gasteiger partial charge in [0.1, 0.15) is 5.82 Å². The van der Waals surface area contributed by atoms with Crippen molar-refractivity contribution < 1.29 is 17.6 Å². The Morgan fingerprint density at radius 2 is 1.94 bits per heavy atom. The Bertz CT molecular complexity index is 560. The van der Waals surface area contributed by atoms with Gasteiger partial charge in [-0.3, -0.25) is 4.68 Å². The van der Waals surface area contributed by atoms with E-state index in [1.54, 1.807) is 0 Å². The van der Waals surface area contributed by atoms with Crippen molar-refractivity contribution in [2.45, 2.75) is 12.7 Å². The number of hydrogen-bond acceptors (Lipinski definition) is 2. The van der Waals surface area contributed by atoms with Gasteiger partial charge in [0.15, 0.2) is 5.69 Å². The predicted octanol–water partition coefficient (Wildman–Crippen LogP) is 2.67. The molecule has 0 atom stereocenters. The topological polar surface area (TPSA) is 43.8 Å². The molecule has 1 heterocycles. The third kappa shape index (κ3) is 2.61. The van der Waals surface area contributed by atoms with Crippen LogP contribution in [0.2, 0.25) is 0 Å². The van der Waals surface area contributed by atoms with E-state index in [1.165, 1.54) is 12.1 Å². The highest BCUT2D eigenvalue weighted by Gasteiger charge is 2.33. The van der Waals surface area contributed by atoms with Gasteiger partial charge in [-0.15, -0.1) is 0 Å². The van der Waals surface area contributed by atoms with E-state index < -0.39 is 17.7 Å². The largest absolute Gasteiger partial charge is 0.435 e. The lowest BCUT2D eigenvalue weighted by Crippen LogP contribution is -2.09. The number of aromatic nitrogens is 2. The molecule has 96 valence electrons. The molecule has 2 N–H and O–H groups in total. The van der Waals surface area contributed by atoms with E-state index in [-0.39, 0.29) is 17.8 Å². The Kier molecular flexibility index (Phi) is 2.98. The van der Waals surface area contributed by atoms with Crippen molar-refractivity contribution in [3.05, 3.63) is 47.5 Å². The van der Waals surface area contributed by atoms with Crippen LogP contribution in [0.5, 0.6) is 0 Å². The average molecular weight is 259 g/mol. The smallest absolute Gasteiger partial charge is 0.399 e. The zero-order valence-corrected chi connectivity index (χ0v) is 9.08. The van der Waals surface area contributed by atoms with Crippen LogP contribution in [0.1, 0.15) is 11.3 Å². The first-order valence-electron chi connectivity index (χ1n) is 5.01. The molecule has 1 aromatic carbocycles. The maximum atomic E-state index is 13.4. The zero-order chi connectivity index (χ0) is 13.3. The highest BCUT2D eigenvalue weighted by Crippen LogP contribution is 2.27. The summed E-state index contributed by atoms with van der Waals surface area (Å²) in [5.41, 5.74) is 4.85. The fraction of sp³-hybridized carbons (Fsp3) is 0.182. The van der Waals surface area contributed by atoms with Crippen molar-refractivity contribution in [2.24, 2.45) is 0 Å². The highest BCUT2D eigenvalue weighted by molar-refractivity contribution is 5.40. The van der Waals surface area contributed by atoms with Gasteiger partial charge in [-0.25, -0.2) is 4.39 Å². The number of nitrogens with two attached hydrogens (primary N) is 1. The van der Waals surface area contributed by atoms with Gasteiger partial charge >= 0.3 is 6.18 Å². The van der Waals surface area contributed by atoms with Crippen molar-refractivity contribution in [3.8, 4) is 0 Å². The second kappa shape index (κ2) is 4.32. The molecule has 0 unspecified atom stereocenters. The van der Waals surface area contributed by atoms with Crippen LogP contribution < -0.4 is 5.73 Å². The Balaban J connectivity index is 2.21. The van der Waals surface area contributed by atoms with E-state index in [0.717, 1.165) is 23.0 Å². The van der Waals surface area contributed by atoms with Gasteiger partial charge < -0.3 is 5.73 Å². The molecule has 0 saturated carbocycles. The van der Waals surface area contributed by atoms with Crippen molar-refractivity contribution in [2.75, 3.05) is 5.73 Å². The number of anilines is 1. The Hall–Kier alpha value is -2.05. The first kappa shape index (κ1) is 12.4. The number of halogens is 4. The fourth-order valence-corrected chi connectivity index (χ4v) is 1.47. The first-order valence-corrected chi connectivity index (χ1v) is 5.01. The summed E-state index contributed by atoms with van der Waals surface area (Å²) in [6.45, 7) is -0.0812. The van der Waals surface area contributed by atoms with E-state index in [2.05, 4.69) is 5.10 Å². The minimum atomic E-state index is -4.50. The molecular formula is C11H9F4N3. The van der Waals surface area contributed by atoms with Crippen molar-refractivity contribution >= 4 is 5.69 Å². The SMILES string of the molecule is Nc1ccc(Cn2ccc(C(F)(F)F)n2)c(F)c1. The van der Waals surface area contributed by atoms with Crippen molar-refractivity contribution in [1.29, 1.82) is 0 Å². The lowest BCUT2D eigenvalue weighted by atomic mass is 10.2. The van der Waals surface area contributed by atoms with E-state index >= 15 is 0 Å². The summed E-state index contributed by atoms with van der Waals surface area (Å²) in [6, 6.07) is 4.85. The summed E-state index contributed by atoms with van der Waals surface area (Å²) in [6.07, 6.45) is -3.34. The maximum absolute atomic E-state index is 13.4. The average Bonchev–Trinajstić information content (AvgIpc) is 2.70. The normalized spacial score (nSPS) is 11.8. The van der Waals surface area contributed by atoms with E-state index in [0.29, 0.717) is 0 Å². The van der Waals surface area contributed by atoms with Crippen molar-refractivity contribution in [1.82, 2.24) is 9.78 Å². The Morgan fingerprint density at radius 1 is 1.22 bits per heavy atom. The van der Waals surface area contributed by atoms with Gasteiger partial charge in [0.25, 0.3) is 0 Å². The third-order valence-corrected chi connectivity index (χ3v) is 2.34. The highest BCUT2D eigenvalue weighted by atomic mass is 19.4. The van der Waals surface area contributed by atoms with Gasteiger partial charge in [-0.05, 0) is 18.2 Å². The molecule has 0 aliphatic heterocycles. The van der Waals surface area contributed by atoms with Crippen LogP contribution in [-0.4, -0.2) is 9.78 Å². The van der Waals surface area contributed by atoms with Crippen LogP contribution in [0, 0.1) is 5.82 Å². The predicted molar refractivity (Wildman–Crippen MR) is 57.1 cm³/mol. The molecule has 0 spiro atoms. The molecule has 0 radical (unpaired) electrons. The van der Waals surface area contributed by atoms with E-state index in [4.69, 9.17) is 5.73 Å². The van der Waals surface area contributed by atoms with E-state index in [9.17, 15) is 17.6 Å². The van der Waals surface area contributed by atoms with Crippen molar-refractivity contribution in [3.63, 3.8) is 0 Å². The summed E-state index contributed by atoms with van der Waals surface area (Å²) in [4.78, 5) is 0. The van der Waals surface area contributed by atoms with Crippen LogP contribution in [0.25, 0.3) is 0 Å². The first-order chi connectivity index (χ1) is 8.36. The van der Waals surface area contributed by atoms with E-state index in [1.807, 2.05) is 0 Å². The minimum Gasteiger partial charge on any atom is -0.399 e. The molecule has 0 saturated heterocycles. The number of hydrogen-bond donors (Lipinski definition) is 1. The zero-order valence-electron chi connectivity index (χ0n) is 9.08. The van der Waals surface area contributed by atoms with Gasteiger partial charge in [0.2, 0.25) is 0 Å². The standard InChI is InChI=1S/C11H9F4N3/c12-9-5-8(16)2-1-7(9)6-18-4-3-10(17-18)11(13,14)15/h1-5H,6,16H2. The summed E-state index contributed by atoms with van der Waals surface area (Å²) in [5.74, 6) is -0.570. The molecule has 0 bridgehead atoms. The van der Waals surface area contributed by atoms with Gasteiger partial charge in [-0.2, -0.15) is 18.3 Å². The summed E-state index contributed by atoms with van der Waals surface area (Å²) in [5, 5.41) is 3.33. The molecule has 7 heteroatoms. The molecule has 2 rings (SSSR count). The van der Waals surface area contributed by atoms with Crippen LogP contribution in [0.4, 0.5) is 23.2 Å². The van der Waals surface area contributed by atoms with Gasteiger partial charge in [0.05, 0.1) is 6.54 Å². The van der Waals surface area contributed by atoms with Crippen LogP contribution in [0.3, 0.4) is 0 Å². The molecule has 2 aromatic rings. The Morgan fingerprint density at radius 3 is 2.50 bits per heavy atom. The Labute approximate surface area is 99.8 Å². The molecule has 1 aromatic heterocycles. The molecule has 0 aliphatic rings. The van der Waals surface area contributed by atoms with Crippen LogP contribution >= 0.6 is 0 Å². The second-order valence-electron chi connectivity index (χ2n) is 3.75. The molecule has 3 nitrogen and oxygen atoms in total. The van der Waals surface area contributed by atoms with Crippen LogP contribution in [0.15, 0.2) is 30.5 Å². The van der Waals surface area contributed by atoms with Gasteiger partial charge in [0, 0.05) is 17.4 Å². The summed E-state index contributed by atoms with van der Waals surface area (Å²) < 4.78 is 51.4. The molecular weight excluding hydrogens is 250 g/mol. The monoisotopic (exact) mass is 259 g/mol. The summed E-state index contributed by atoms with van der Waals surface area (Å²) in [7, 11) is 0. The van der Waals surface area contributed by atoms with Crippen LogP contribution in [-0.2, 0) is 12.7 Å². The maximum Gasteiger partial charge on any atom is 0.435 e. The second-order valence-corrected chi connectivity index (χ2v) is 3.75. The molecule has 0 fully saturated rings. The number of nitrogen functional groups attached to an aromatic ring is 1. The molecule has 18 heavy (non-hydrogen) atoms. The molecule has 0 aliphatic carbocycles. The summed E-state index contributed by atoms with van der Waals surface area (Å²) >= 11 is 0. The minimum absolute atomic E-state index is 0.0812. The number of nitrogens with zero attached hydrogens (tertiary/aromatic N) is 2. The quantitative estimate of drug-likeness (QED) is 0.665. The lowest BCUT2D eigenvalue weighted by Gasteiger charge is -2.05. The third-order valence-electron chi connectivity index (χ3n) is 2.34. The number of benzene rings is 1. The number of rotatable bonds is 2. The lowest BCUT2D eigenvalue weighted by molar-refractivity contribution is -0.141.